The highest BCUT2D eigenvalue weighted by atomic mass is 16.7. The summed E-state index contributed by atoms with van der Waals surface area (Å²) < 4.78 is 39.2. The van der Waals surface area contributed by atoms with Crippen LogP contribution in [-0.4, -0.2) is 62.1 Å². The molecule has 2 aliphatic rings. The first kappa shape index (κ1) is 36.5. The van der Waals surface area contributed by atoms with E-state index in [1.54, 1.807) is 0 Å². The van der Waals surface area contributed by atoms with Gasteiger partial charge in [0.25, 0.3) is 0 Å². The molecule has 0 bridgehead atoms. The second-order valence-corrected chi connectivity index (χ2v) is 13.0. The number of nitrogens with one attached hydrogen (secondary N) is 1. The van der Waals surface area contributed by atoms with Crippen molar-refractivity contribution in [2.24, 2.45) is 22.9 Å². The van der Waals surface area contributed by atoms with Gasteiger partial charge in [0.05, 0.1) is 51.2 Å². The largest absolute Gasteiger partial charge is 0.374 e. The average Bonchev–Trinajstić information content (AvgIpc) is 3.12. The number of amides is 1. The molecule has 1 amide bonds. The van der Waals surface area contributed by atoms with Gasteiger partial charge in [-0.25, -0.2) is 0 Å². The molecular weight excluding hydrogens is 624 g/mol. The van der Waals surface area contributed by atoms with Crippen LogP contribution in [0, 0.1) is 17.8 Å². The topological polar surface area (TPSA) is 133 Å². The summed E-state index contributed by atoms with van der Waals surface area (Å²) in [6.07, 6.45) is -3.57. The second kappa shape index (κ2) is 18.3. The van der Waals surface area contributed by atoms with Crippen LogP contribution < -0.4 is 5.32 Å². The van der Waals surface area contributed by atoms with E-state index in [0.29, 0.717) is 19.8 Å². The van der Waals surface area contributed by atoms with E-state index in [1.807, 2.05) is 97.9 Å². The molecule has 2 saturated heterocycles. The molecule has 5 rings (SSSR count). The highest BCUT2D eigenvalue weighted by molar-refractivity contribution is 5.73. The SMILES string of the molecule is CC(=O)NC1[C@H](OCc2ccccc2)OC(COCc2ccccc2)[C@@H](O[C@@H]2OC(CN=[N+]=[N-])[C@@H](C)[C@H](C)C2OCc2ccccc2)[C@@H]1C. The standard InChI is InChI=1S/C38H48N4O7/c1-25-26(2)36(45-22-30-16-10-6-11-17-30)38(47-32(25)20-40-42-39)49-35-27(3)34(41-28(4)43)37(46-23-31-18-12-7-13-19-31)48-33(35)24-44-21-29-14-8-5-9-15-29/h5-19,25-27,32-38H,20-24H2,1-4H3,(H,41,43)/t25-,26-,27+,32?,33?,34?,35-,36?,37+,38-/m0/s1. The van der Waals surface area contributed by atoms with Crippen molar-refractivity contribution in [2.45, 2.75) is 90.6 Å². The van der Waals surface area contributed by atoms with Gasteiger partial charge in [0, 0.05) is 17.8 Å². The number of carbonyl (C=O) groups excluding carboxylic acids is 1. The van der Waals surface area contributed by atoms with Gasteiger partial charge in [-0.05, 0) is 34.1 Å². The maximum Gasteiger partial charge on any atom is 0.217 e. The van der Waals surface area contributed by atoms with Crippen LogP contribution in [0.5, 0.6) is 0 Å². The van der Waals surface area contributed by atoms with Crippen LogP contribution >= 0.6 is 0 Å². The second-order valence-electron chi connectivity index (χ2n) is 13.0. The number of hydrogen-bond donors (Lipinski definition) is 1. The molecule has 0 aromatic heterocycles. The Morgan fingerprint density at radius 1 is 0.735 bits per heavy atom. The first-order chi connectivity index (χ1) is 23.8. The number of azide groups is 1. The predicted molar refractivity (Wildman–Crippen MR) is 184 cm³/mol. The molecule has 4 unspecified atom stereocenters. The predicted octanol–water partition coefficient (Wildman–Crippen LogP) is 6.56. The number of ether oxygens (including phenoxy) is 6. The van der Waals surface area contributed by atoms with Gasteiger partial charge in [-0.15, -0.1) is 0 Å². The van der Waals surface area contributed by atoms with E-state index in [-0.39, 0.29) is 42.9 Å². The summed E-state index contributed by atoms with van der Waals surface area (Å²) in [5.41, 5.74) is 12.1. The molecule has 11 heteroatoms. The molecule has 2 aliphatic heterocycles. The third kappa shape index (κ3) is 10.1. The van der Waals surface area contributed by atoms with Crippen molar-refractivity contribution in [2.75, 3.05) is 13.2 Å². The van der Waals surface area contributed by atoms with Crippen LogP contribution in [0.15, 0.2) is 96.1 Å². The fraction of sp³-hybridized carbons (Fsp3) is 0.500. The van der Waals surface area contributed by atoms with Crippen LogP contribution in [0.3, 0.4) is 0 Å². The Morgan fingerprint density at radius 2 is 1.29 bits per heavy atom. The van der Waals surface area contributed by atoms with E-state index in [9.17, 15) is 4.79 Å². The Balaban J connectivity index is 1.41. The Kier molecular flexibility index (Phi) is 13.6. The minimum absolute atomic E-state index is 0.00189. The van der Waals surface area contributed by atoms with Crippen LogP contribution in [0.4, 0.5) is 0 Å². The quantitative estimate of drug-likeness (QED) is 0.110. The summed E-state index contributed by atoms with van der Waals surface area (Å²) in [6.45, 7) is 9.11. The van der Waals surface area contributed by atoms with Crippen LogP contribution in [0.2, 0.25) is 0 Å². The smallest absolute Gasteiger partial charge is 0.217 e. The molecule has 0 aliphatic carbocycles. The van der Waals surface area contributed by atoms with Crippen molar-refractivity contribution in [3.63, 3.8) is 0 Å². The van der Waals surface area contributed by atoms with Gasteiger partial charge < -0.3 is 33.7 Å². The molecule has 262 valence electrons. The Morgan fingerprint density at radius 3 is 1.86 bits per heavy atom. The highest BCUT2D eigenvalue weighted by Gasteiger charge is 2.50. The van der Waals surface area contributed by atoms with E-state index in [0.717, 1.165) is 16.7 Å². The summed E-state index contributed by atoms with van der Waals surface area (Å²) in [4.78, 5) is 15.5. The Labute approximate surface area is 288 Å². The minimum atomic E-state index is -0.818. The molecule has 0 radical (unpaired) electrons. The fourth-order valence-electron chi connectivity index (χ4n) is 6.51. The number of rotatable bonds is 15. The fourth-order valence-corrected chi connectivity index (χ4v) is 6.51. The lowest BCUT2D eigenvalue weighted by atomic mass is 9.83. The summed E-state index contributed by atoms with van der Waals surface area (Å²) >= 11 is 0. The summed E-state index contributed by atoms with van der Waals surface area (Å²) in [5.74, 6) is -0.463. The van der Waals surface area contributed by atoms with E-state index in [4.69, 9.17) is 34.0 Å². The van der Waals surface area contributed by atoms with Crippen molar-refractivity contribution in [1.82, 2.24) is 5.32 Å². The Hall–Kier alpha value is -3.80. The minimum Gasteiger partial charge on any atom is -0.374 e. The third-order valence-corrected chi connectivity index (χ3v) is 9.49. The first-order valence-corrected chi connectivity index (χ1v) is 17.0. The van der Waals surface area contributed by atoms with Gasteiger partial charge in [0.15, 0.2) is 12.6 Å². The van der Waals surface area contributed by atoms with E-state index < -0.39 is 36.9 Å². The van der Waals surface area contributed by atoms with Gasteiger partial charge >= 0.3 is 0 Å². The van der Waals surface area contributed by atoms with Gasteiger partial charge in [-0.2, -0.15) is 0 Å². The first-order valence-electron chi connectivity index (χ1n) is 17.0. The van der Waals surface area contributed by atoms with Gasteiger partial charge in [-0.3, -0.25) is 4.79 Å². The molecule has 49 heavy (non-hydrogen) atoms. The zero-order valence-corrected chi connectivity index (χ0v) is 28.7. The Bertz CT molecular complexity index is 1480. The number of carbonyl (C=O) groups is 1. The summed E-state index contributed by atoms with van der Waals surface area (Å²) in [6, 6.07) is 29.2. The molecule has 0 spiro atoms. The zero-order chi connectivity index (χ0) is 34.6. The van der Waals surface area contributed by atoms with Crippen molar-refractivity contribution in [3.05, 3.63) is 118 Å². The normalized spacial score (nSPS) is 29.9. The van der Waals surface area contributed by atoms with Gasteiger partial charge in [0.1, 0.15) is 12.2 Å². The molecule has 10 atom stereocenters. The van der Waals surface area contributed by atoms with Crippen LogP contribution in [0.25, 0.3) is 10.4 Å². The molecule has 3 aromatic carbocycles. The molecule has 3 aromatic rings. The molecule has 0 saturated carbocycles. The van der Waals surface area contributed by atoms with Crippen LogP contribution in [0.1, 0.15) is 44.4 Å². The third-order valence-electron chi connectivity index (χ3n) is 9.49. The zero-order valence-electron chi connectivity index (χ0n) is 28.7. The summed E-state index contributed by atoms with van der Waals surface area (Å²) in [7, 11) is 0. The maximum atomic E-state index is 12.5. The van der Waals surface area contributed by atoms with E-state index >= 15 is 0 Å². The molecule has 2 heterocycles. The lowest BCUT2D eigenvalue weighted by Crippen LogP contribution is -2.63. The maximum absolute atomic E-state index is 12.5. The van der Waals surface area contributed by atoms with Crippen molar-refractivity contribution >= 4 is 5.91 Å². The van der Waals surface area contributed by atoms with E-state index in [1.165, 1.54) is 6.92 Å². The average molecular weight is 673 g/mol. The lowest BCUT2D eigenvalue weighted by molar-refractivity contribution is -0.335. The van der Waals surface area contributed by atoms with Gasteiger partial charge in [0.2, 0.25) is 5.91 Å². The highest BCUT2D eigenvalue weighted by Crippen LogP contribution is 2.38. The van der Waals surface area contributed by atoms with Crippen molar-refractivity contribution < 1.29 is 33.2 Å². The summed E-state index contributed by atoms with van der Waals surface area (Å²) in [5, 5.41) is 6.89. The van der Waals surface area contributed by atoms with Gasteiger partial charge in [-0.1, -0.05) is 117 Å². The van der Waals surface area contributed by atoms with Crippen molar-refractivity contribution in [3.8, 4) is 0 Å². The number of benzene rings is 3. The molecule has 2 fully saturated rings. The lowest BCUT2D eigenvalue weighted by Gasteiger charge is -2.49. The van der Waals surface area contributed by atoms with Crippen molar-refractivity contribution in [1.29, 1.82) is 0 Å². The van der Waals surface area contributed by atoms with Crippen LogP contribution in [-0.2, 0) is 53.0 Å². The monoisotopic (exact) mass is 672 g/mol. The molecule has 1 N–H and O–H groups in total. The van der Waals surface area contributed by atoms with E-state index in [2.05, 4.69) is 29.2 Å². The number of nitrogens with zero attached hydrogens (tertiary/aromatic N) is 3. The number of hydrogen-bond acceptors (Lipinski definition) is 8. The molecular formula is C38H48N4O7. The molecule has 11 nitrogen and oxygen atoms in total.